The maximum atomic E-state index is 11.9. The molecule has 3 N–H and O–H groups in total. The summed E-state index contributed by atoms with van der Waals surface area (Å²) in [5, 5.41) is 0. The van der Waals surface area contributed by atoms with E-state index in [1.54, 1.807) is 12.1 Å². The SMILES string of the molecule is CCCNS(=O)(=O)c1ccc(N(C)CCCN)cc1. The van der Waals surface area contributed by atoms with Gasteiger partial charge in [0.25, 0.3) is 0 Å². The van der Waals surface area contributed by atoms with Crippen LogP contribution in [0.3, 0.4) is 0 Å². The zero-order chi connectivity index (χ0) is 14.3. The minimum absolute atomic E-state index is 0.303. The Kier molecular flexibility index (Phi) is 6.27. The van der Waals surface area contributed by atoms with Gasteiger partial charge in [0.05, 0.1) is 4.90 Å². The standard InChI is InChI=1S/C13H23N3O2S/c1-3-10-15-19(17,18)13-7-5-12(6-8-13)16(2)11-4-9-14/h5-8,15H,3-4,9-11,14H2,1-2H3. The molecule has 0 bridgehead atoms. The summed E-state index contributed by atoms with van der Waals surface area (Å²) in [7, 11) is -1.40. The van der Waals surface area contributed by atoms with Crippen molar-refractivity contribution >= 4 is 15.7 Å². The van der Waals surface area contributed by atoms with E-state index in [1.165, 1.54) is 0 Å². The smallest absolute Gasteiger partial charge is 0.240 e. The van der Waals surface area contributed by atoms with Crippen molar-refractivity contribution in [1.29, 1.82) is 0 Å². The molecule has 0 saturated heterocycles. The summed E-state index contributed by atoms with van der Waals surface area (Å²) in [4.78, 5) is 2.36. The van der Waals surface area contributed by atoms with Crippen LogP contribution in [0.5, 0.6) is 0 Å². The monoisotopic (exact) mass is 285 g/mol. The van der Waals surface area contributed by atoms with Gasteiger partial charge in [0.2, 0.25) is 10.0 Å². The Balaban J connectivity index is 2.75. The summed E-state index contributed by atoms with van der Waals surface area (Å²) in [6.45, 7) is 3.90. The maximum absolute atomic E-state index is 11.9. The van der Waals surface area contributed by atoms with E-state index in [1.807, 2.05) is 26.1 Å². The quantitative estimate of drug-likeness (QED) is 0.751. The number of rotatable bonds is 8. The highest BCUT2D eigenvalue weighted by atomic mass is 32.2. The van der Waals surface area contributed by atoms with E-state index in [4.69, 9.17) is 5.73 Å². The molecule has 0 aliphatic heterocycles. The molecule has 0 aliphatic rings. The van der Waals surface area contributed by atoms with Crippen LogP contribution in [-0.2, 0) is 10.0 Å². The Hall–Kier alpha value is -1.11. The first-order chi connectivity index (χ1) is 9.01. The highest BCUT2D eigenvalue weighted by Crippen LogP contribution is 2.17. The van der Waals surface area contributed by atoms with E-state index in [0.717, 1.165) is 25.1 Å². The first-order valence-corrected chi connectivity index (χ1v) is 8.00. The number of sulfonamides is 1. The predicted octanol–water partition coefficient (Wildman–Crippen LogP) is 1.16. The fraction of sp³-hybridized carbons (Fsp3) is 0.538. The van der Waals surface area contributed by atoms with Crippen LogP contribution in [0.4, 0.5) is 5.69 Å². The van der Waals surface area contributed by atoms with Crippen LogP contribution >= 0.6 is 0 Å². The summed E-state index contributed by atoms with van der Waals surface area (Å²) in [6, 6.07) is 6.90. The molecule has 0 saturated carbocycles. The van der Waals surface area contributed by atoms with Crippen molar-refractivity contribution in [1.82, 2.24) is 4.72 Å². The molecule has 108 valence electrons. The lowest BCUT2D eigenvalue weighted by Gasteiger charge is -2.19. The Morgan fingerprint density at radius 3 is 2.42 bits per heavy atom. The highest BCUT2D eigenvalue weighted by molar-refractivity contribution is 7.89. The lowest BCUT2D eigenvalue weighted by Crippen LogP contribution is -2.24. The normalized spacial score (nSPS) is 11.5. The van der Waals surface area contributed by atoms with Crippen molar-refractivity contribution in [2.24, 2.45) is 5.73 Å². The fourth-order valence-electron chi connectivity index (χ4n) is 1.66. The molecular formula is C13H23N3O2S. The summed E-state index contributed by atoms with van der Waals surface area (Å²) in [5.74, 6) is 0. The highest BCUT2D eigenvalue weighted by Gasteiger charge is 2.12. The van der Waals surface area contributed by atoms with Gasteiger partial charge in [0, 0.05) is 25.8 Å². The molecule has 1 aromatic carbocycles. The van der Waals surface area contributed by atoms with Gasteiger partial charge < -0.3 is 10.6 Å². The zero-order valence-electron chi connectivity index (χ0n) is 11.6. The topological polar surface area (TPSA) is 75.4 Å². The molecule has 1 rings (SSSR count). The van der Waals surface area contributed by atoms with Gasteiger partial charge in [-0.05, 0) is 43.7 Å². The number of hydrogen-bond acceptors (Lipinski definition) is 4. The van der Waals surface area contributed by atoms with Crippen molar-refractivity contribution in [3.8, 4) is 0 Å². The number of nitrogens with zero attached hydrogens (tertiary/aromatic N) is 1. The maximum Gasteiger partial charge on any atom is 0.240 e. The molecule has 6 heteroatoms. The molecule has 0 atom stereocenters. The molecule has 0 radical (unpaired) electrons. The van der Waals surface area contributed by atoms with E-state index >= 15 is 0 Å². The van der Waals surface area contributed by atoms with Crippen LogP contribution in [0.15, 0.2) is 29.2 Å². The number of nitrogens with one attached hydrogen (secondary N) is 1. The van der Waals surface area contributed by atoms with Crippen LogP contribution in [0.25, 0.3) is 0 Å². The van der Waals surface area contributed by atoms with Gasteiger partial charge >= 0.3 is 0 Å². The van der Waals surface area contributed by atoms with Crippen molar-refractivity contribution in [2.75, 3.05) is 31.6 Å². The number of benzene rings is 1. The van der Waals surface area contributed by atoms with Crippen LogP contribution in [0.1, 0.15) is 19.8 Å². The van der Waals surface area contributed by atoms with E-state index in [2.05, 4.69) is 9.62 Å². The number of nitrogens with two attached hydrogens (primary N) is 1. The Labute approximate surface area is 115 Å². The predicted molar refractivity (Wildman–Crippen MR) is 78.9 cm³/mol. The van der Waals surface area contributed by atoms with Crippen LogP contribution < -0.4 is 15.4 Å². The minimum atomic E-state index is -3.37. The van der Waals surface area contributed by atoms with E-state index in [-0.39, 0.29) is 0 Å². The van der Waals surface area contributed by atoms with Gasteiger partial charge in [-0.2, -0.15) is 0 Å². The summed E-state index contributed by atoms with van der Waals surface area (Å²) in [5.41, 5.74) is 6.46. The van der Waals surface area contributed by atoms with Crippen molar-refractivity contribution in [3.05, 3.63) is 24.3 Å². The molecule has 0 heterocycles. The van der Waals surface area contributed by atoms with Crippen molar-refractivity contribution < 1.29 is 8.42 Å². The third kappa shape index (κ3) is 4.81. The first-order valence-electron chi connectivity index (χ1n) is 6.52. The van der Waals surface area contributed by atoms with Gasteiger partial charge in [0.15, 0.2) is 0 Å². The zero-order valence-corrected chi connectivity index (χ0v) is 12.4. The molecule has 0 fully saturated rings. The fourth-order valence-corrected chi connectivity index (χ4v) is 2.79. The summed E-state index contributed by atoms with van der Waals surface area (Å²) < 4.78 is 26.4. The second-order valence-corrected chi connectivity index (χ2v) is 6.22. The average molecular weight is 285 g/mol. The molecule has 0 unspecified atom stereocenters. The summed E-state index contributed by atoms with van der Waals surface area (Å²) >= 11 is 0. The van der Waals surface area contributed by atoms with Gasteiger partial charge in [-0.1, -0.05) is 6.92 Å². The van der Waals surface area contributed by atoms with Crippen molar-refractivity contribution in [3.63, 3.8) is 0 Å². The second-order valence-electron chi connectivity index (χ2n) is 4.46. The largest absolute Gasteiger partial charge is 0.375 e. The van der Waals surface area contributed by atoms with E-state index in [0.29, 0.717) is 18.0 Å². The molecule has 0 amide bonds. The molecule has 19 heavy (non-hydrogen) atoms. The van der Waals surface area contributed by atoms with Gasteiger partial charge in [-0.25, -0.2) is 13.1 Å². The molecule has 0 aromatic heterocycles. The molecule has 1 aromatic rings. The third-order valence-corrected chi connectivity index (χ3v) is 4.30. The van der Waals surface area contributed by atoms with Gasteiger partial charge in [-0.15, -0.1) is 0 Å². The lowest BCUT2D eigenvalue weighted by atomic mass is 10.3. The first kappa shape index (κ1) is 15.9. The second kappa shape index (κ2) is 7.47. The Morgan fingerprint density at radius 2 is 1.89 bits per heavy atom. The third-order valence-electron chi connectivity index (χ3n) is 2.83. The van der Waals surface area contributed by atoms with Gasteiger partial charge in [0.1, 0.15) is 0 Å². The molecule has 0 aliphatic carbocycles. The van der Waals surface area contributed by atoms with Crippen molar-refractivity contribution in [2.45, 2.75) is 24.7 Å². The lowest BCUT2D eigenvalue weighted by molar-refractivity contribution is 0.581. The Bertz CT molecular complexity index is 471. The minimum Gasteiger partial charge on any atom is -0.375 e. The number of hydrogen-bond donors (Lipinski definition) is 2. The van der Waals surface area contributed by atoms with E-state index in [9.17, 15) is 8.42 Å². The molecular weight excluding hydrogens is 262 g/mol. The van der Waals surface area contributed by atoms with Crippen LogP contribution in [-0.4, -0.2) is 35.1 Å². The van der Waals surface area contributed by atoms with Gasteiger partial charge in [-0.3, -0.25) is 0 Å². The van der Waals surface area contributed by atoms with E-state index < -0.39 is 10.0 Å². The Morgan fingerprint density at radius 1 is 1.26 bits per heavy atom. The molecule has 0 spiro atoms. The average Bonchev–Trinajstić information content (AvgIpc) is 2.42. The van der Waals surface area contributed by atoms with Crippen LogP contribution in [0.2, 0.25) is 0 Å². The van der Waals surface area contributed by atoms with Crippen LogP contribution in [0, 0.1) is 0 Å². The summed E-state index contributed by atoms with van der Waals surface area (Å²) in [6.07, 6.45) is 1.69. The number of anilines is 1. The molecule has 5 nitrogen and oxygen atoms in total.